The first-order valence-corrected chi connectivity index (χ1v) is 17.4. The number of hydrogen-bond donors (Lipinski definition) is 2. The number of aliphatic hydroxyl groups is 1. The van der Waals surface area contributed by atoms with Crippen LogP contribution in [-0.4, -0.2) is 120 Å². The quantitative estimate of drug-likeness (QED) is 0.381. The second-order valence-corrected chi connectivity index (χ2v) is 13.8. The highest BCUT2D eigenvalue weighted by atomic mass is 32.2. The fourth-order valence-corrected chi connectivity index (χ4v) is 8.38. The number of aliphatic hydroxyl groups excluding tert-OH is 1. The molecule has 44 heavy (non-hydrogen) atoms. The van der Waals surface area contributed by atoms with E-state index >= 15 is 0 Å². The van der Waals surface area contributed by atoms with Crippen molar-refractivity contribution in [1.82, 2.24) is 29.8 Å². The third-order valence-corrected chi connectivity index (χ3v) is 10.7. The van der Waals surface area contributed by atoms with Crippen LogP contribution in [0.4, 0.5) is 13.2 Å². The summed E-state index contributed by atoms with van der Waals surface area (Å²) >= 11 is 1.29. The van der Waals surface area contributed by atoms with Gasteiger partial charge in [0.25, 0.3) is 0 Å². The van der Waals surface area contributed by atoms with Gasteiger partial charge < -0.3 is 25.0 Å². The summed E-state index contributed by atoms with van der Waals surface area (Å²) in [4.78, 5) is 7.51. The molecule has 1 aromatic carbocycles. The molecule has 12 heteroatoms. The van der Waals surface area contributed by atoms with Crippen LogP contribution in [0.3, 0.4) is 0 Å². The van der Waals surface area contributed by atoms with E-state index in [2.05, 4.69) is 20.0 Å². The zero-order valence-corrected chi connectivity index (χ0v) is 26.5. The minimum Gasteiger partial charge on any atom is -0.390 e. The van der Waals surface area contributed by atoms with Crippen LogP contribution in [0.15, 0.2) is 23.1 Å². The van der Waals surface area contributed by atoms with Crippen LogP contribution in [0.2, 0.25) is 0 Å². The number of alkyl halides is 3. The number of aromatic nitrogens is 2. The molecule has 244 valence electrons. The molecule has 5 heterocycles. The third-order valence-electron chi connectivity index (χ3n) is 9.65. The Morgan fingerprint density at radius 2 is 1.77 bits per heavy atom. The summed E-state index contributed by atoms with van der Waals surface area (Å²) < 4.78 is 49.4. The van der Waals surface area contributed by atoms with Gasteiger partial charge in [-0.25, -0.2) is 0 Å². The van der Waals surface area contributed by atoms with Gasteiger partial charge in [0.15, 0.2) is 0 Å². The molecule has 4 aliphatic rings. The molecular weight excluding hydrogens is 589 g/mol. The van der Waals surface area contributed by atoms with Crippen LogP contribution in [0.1, 0.15) is 48.9 Å². The molecule has 8 nitrogen and oxygen atoms in total. The Labute approximate surface area is 263 Å². The van der Waals surface area contributed by atoms with E-state index in [1.807, 2.05) is 4.68 Å². The van der Waals surface area contributed by atoms with Crippen molar-refractivity contribution in [3.8, 4) is 11.3 Å². The normalized spacial score (nSPS) is 22.3. The van der Waals surface area contributed by atoms with Crippen molar-refractivity contribution in [2.75, 3.05) is 77.9 Å². The van der Waals surface area contributed by atoms with Gasteiger partial charge in [-0.15, -0.1) is 11.8 Å². The zero-order valence-electron chi connectivity index (χ0n) is 25.7. The second kappa shape index (κ2) is 14.8. The fraction of sp³-hybridized carbons (Fsp3) is 0.719. The van der Waals surface area contributed by atoms with Gasteiger partial charge in [0.2, 0.25) is 0 Å². The number of rotatable bonds is 10. The Hall–Kier alpha value is -1.67. The first kappa shape index (κ1) is 32.3. The highest BCUT2D eigenvalue weighted by Gasteiger charge is 2.34. The summed E-state index contributed by atoms with van der Waals surface area (Å²) in [6.45, 7) is 10.8. The maximum Gasteiger partial charge on any atom is 0.417 e. The van der Waals surface area contributed by atoms with E-state index in [9.17, 15) is 18.3 Å². The van der Waals surface area contributed by atoms with Gasteiger partial charge in [-0.3, -0.25) is 9.58 Å². The number of piperidine rings is 2. The number of nitrogens with zero attached hydrogens (tertiary/aromatic N) is 5. The lowest BCUT2D eigenvalue weighted by Gasteiger charge is -2.40. The minimum absolute atomic E-state index is 0.264. The maximum atomic E-state index is 14.0. The second-order valence-electron chi connectivity index (χ2n) is 12.7. The average Bonchev–Trinajstić information content (AvgIpc) is 3.40. The van der Waals surface area contributed by atoms with E-state index in [1.165, 1.54) is 24.2 Å². The molecule has 3 saturated heterocycles. The van der Waals surface area contributed by atoms with Crippen LogP contribution in [-0.2, 0) is 30.4 Å². The van der Waals surface area contributed by atoms with Crippen molar-refractivity contribution in [1.29, 1.82) is 0 Å². The topological polar surface area (TPSA) is 69.0 Å². The third kappa shape index (κ3) is 8.00. The van der Waals surface area contributed by atoms with Crippen molar-refractivity contribution >= 4 is 11.8 Å². The van der Waals surface area contributed by atoms with Crippen LogP contribution in [0.5, 0.6) is 0 Å². The lowest BCUT2D eigenvalue weighted by molar-refractivity contribution is -0.139. The van der Waals surface area contributed by atoms with Crippen molar-refractivity contribution in [2.45, 2.75) is 74.8 Å². The summed E-state index contributed by atoms with van der Waals surface area (Å²) in [5, 5.41) is 19.5. The smallest absolute Gasteiger partial charge is 0.390 e. The van der Waals surface area contributed by atoms with Crippen molar-refractivity contribution < 1.29 is 23.0 Å². The highest BCUT2D eigenvalue weighted by molar-refractivity contribution is 7.99. The molecule has 4 aliphatic heterocycles. The standard InChI is InChI=1S/C32H47F3N6O2S/c33-32(34,35)28-5-4-24(20-30(28)44-19-16-38-10-2-1-3-11-38)31-27-21-36-9-6-29(27)41(37-31)23-26(42)22-39-12-7-25(8-13-39)40-14-17-43-18-15-40/h4-5,20,25-26,36,42H,1-3,6-19,21-23H2. The van der Waals surface area contributed by atoms with Gasteiger partial charge in [0, 0.05) is 79.2 Å². The molecule has 1 unspecified atom stereocenters. The molecule has 0 bridgehead atoms. The number of halogens is 3. The summed E-state index contributed by atoms with van der Waals surface area (Å²) in [6, 6.07) is 5.06. The number of nitrogens with one attached hydrogen (secondary N) is 1. The van der Waals surface area contributed by atoms with E-state index in [1.54, 1.807) is 12.1 Å². The molecule has 0 aliphatic carbocycles. The van der Waals surface area contributed by atoms with Crippen molar-refractivity contribution in [3.05, 3.63) is 35.0 Å². The van der Waals surface area contributed by atoms with Gasteiger partial charge in [-0.05, 0) is 64.0 Å². The number of thioether (sulfide) groups is 1. The summed E-state index contributed by atoms with van der Waals surface area (Å²) in [6.07, 6.45) is 1.56. The predicted molar refractivity (Wildman–Crippen MR) is 167 cm³/mol. The van der Waals surface area contributed by atoms with E-state index in [4.69, 9.17) is 9.84 Å². The van der Waals surface area contributed by atoms with Crippen molar-refractivity contribution in [3.63, 3.8) is 0 Å². The summed E-state index contributed by atoms with van der Waals surface area (Å²) in [5.74, 6) is 0.622. The Morgan fingerprint density at radius 1 is 1.00 bits per heavy atom. The Kier molecular flexibility index (Phi) is 10.9. The molecule has 0 spiro atoms. The number of hydrogen-bond acceptors (Lipinski definition) is 8. The molecule has 3 fully saturated rings. The van der Waals surface area contributed by atoms with E-state index < -0.39 is 17.8 Å². The zero-order chi connectivity index (χ0) is 30.5. The Balaban J connectivity index is 1.13. The minimum atomic E-state index is -4.41. The van der Waals surface area contributed by atoms with Crippen LogP contribution < -0.4 is 5.32 Å². The van der Waals surface area contributed by atoms with Crippen LogP contribution in [0.25, 0.3) is 11.3 Å². The molecular formula is C32H47F3N6O2S. The van der Waals surface area contributed by atoms with Crippen LogP contribution >= 0.6 is 11.8 Å². The van der Waals surface area contributed by atoms with Crippen LogP contribution in [0, 0.1) is 0 Å². The number of fused-ring (bicyclic) bond motifs is 1. The first-order chi connectivity index (χ1) is 21.3. The molecule has 2 N–H and O–H groups in total. The van der Waals surface area contributed by atoms with E-state index in [0.29, 0.717) is 37.0 Å². The lowest BCUT2D eigenvalue weighted by Crippen LogP contribution is -2.50. The Morgan fingerprint density at radius 3 is 2.52 bits per heavy atom. The fourth-order valence-electron chi connectivity index (χ4n) is 7.26. The number of likely N-dealkylation sites (tertiary alicyclic amines) is 2. The number of morpholine rings is 1. The Bertz CT molecular complexity index is 1220. The number of benzene rings is 1. The molecule has 2 aromatic rings. The van der Waals surface area contributed by atoms with Gasteiger partial charge in [0.1, 0.15) is 0 Å². The average molecular weight is 637 g/mol. The van der Waals surface area contributed by atoms with Gasteiger partial charge in [0.05, 0.1) is 37.1 Å². The molecule has 6 rings (SSSR count). The number of ether oxygens (including phenoxy) is 1. The molecule has 1 atom stereocenters. The van der Waals surface area contributed by atoms with E-state index in [0.717, 1.165) is 115 Å². The molecule has 1 aromatic heterocycles. The summed E-state index contributed by atoms with van der Waals surface area (Å²) in [5.41, 5.74) is 2.94. The largest absolute Gasteiger partial charge is 0.417 e. The van der Waals surface area contributed by atoms with E-state index in [-0.39, 0.29) is 4.90 Å². The van der Waals surface area contributed by atoms with Crippen molar-refractivity contribution in [2.24, 2.45) is 0 Å². The van der Waals surface area contributed by atoms with Gasteiger partial charge >= 0.3 is 6.18 Å². The lowest BCUT2D eigenvalue weighted by atomic mass is 10.0. The molecule has 0 saturated carbocycles. The summed E-state index contributed by atoms with van der Waals surface area (Å²) in [7, 11) is 0. The number of β-amino-alcohol motifs (C(OH)–C–C–N with tert-alkyl or cyclic N) is 1. The van der Waals surface area contributed by atoms with Gasteiger partial charge in [-0.2, -0.15) is 18.3 Å². The van der Waals surface area contributed by atoms with Gasteiger partial charge in [-0.1, -0.05) is 12.5 Å². The first-order valence-electron chi connectivity index (χ1n) is 16.4. The molecule has 0 radical (unpaired) electrons. The SMILES string of the molecule is OC(CN1CCC(N2CCOCC2)CC1)Cn1nc(-c2ccc(C(F)(F)F)c(SCCN3CCCCC3)c2)c2c1CCNC2. The predicted octanol–water partition coefficient (Wildman–Crippen LogP) is 3.95. The highest BCUT2D eigenvalue weighted by Crippen LogP contribution is 2.40. The molecule has 0 amide bonds. The monoisotopic (exact) mass is 636 g/mol. The maximum absolute atomic E-state index is 14.0.